The molecule has 0 bridgehead atoms. The highest BCUT2D eigenvalue weighted by molar-refractivity contribution is 6.31. The average Bonchev–Trinajstić information content (AvgIpc) is 3.20. The Bertz CT molecular complexity index is 1020. The first-order valence-electron chi connectivity index (χ1n) is 11.9. The van der Waals surface area contributed by atoms with E-state index in [0.717, 1.165) is 38.5 Å². The molecular formula is C25H32ClN3O4. The minimum atomic E-state index is -0.195. The van der Waals surface area contributed by atoms with Gasteiger partial charge in [0.1, 0.15) is 17.1 Å². The number of fused-ring (bicyclic) bond motifs is 1. The van der Waals surface area contributed by atoms with Gasteiger partial charge in [0.2, 0.25) is 0 Å². The van der Waals surface area contributed by atoms with Crippen LogP contribution in [0.5, 0.6) is 5.75 Å². The SMILES string of the molecule is CCc1noc(C)c1C(=O)N1CCCC2(CCCCCOc3ccc(Cl)cc3C(=O)NC2)C1. The highest BCUT2D eigenvalue weighted by atomic mass is 35.5. The van der Waals surface area contributed by atoms with Crippen molar-refractivity contribution in [3.05, 3.63) is 45.8 Å². The number of hydrogen-bond acceptors (Lipinski definition) is 5. The maximum Gasteiger partial charge on any atom is 0.259 e. The van der Waals surface area contributed by atoms with Crippen molar-refractivity contribution in [1.82, 2.24) is 15.4 Å². The molecule has 4 rings (SSSR count). The second-order valence-corrected chi connectivity index (χ2v) is 9.66. The van der Waals surface area contributed by atoms with Gasteiger partial charge in [0.15, 0.2) is 0 Å². The van der Waals surface area contributed by atoms with E-state index >= 15 is 0 Å². The third-order valence-corrected chi connectivity index (χ3v) is 7.09. The van der Waals surface area contributed by atoms with Crippen molar-refractivity contribution in [2.45, 2.75) is 58.8 Å². The summed E-state index contributed by atoms with van der Waals surface area (Å²) in [4.78, 5) is 28.4. The van der Waals surface area contributed by atoms with Crippen molar-refractivity contribution < 1.29 is 18.8 Å². The predicted molar refractivity (Wildman–Crippen MR) is 126 cm³/mol. The van der Waals surface area contributed by atoms with Crippen molar-refractivity contribution in [2.75, 3.05) is 26.2 Å². The van der Waals surface area contributed by atoms with E-state index in [1.807, 2.05) is 11.8 Å². The van der Waals surface area contributed by atoms with E-state index in [0.29, 0.717) is 66.0 Å². The summed E-state index contributed by atoms with van der Waals surface area (Å²) in [6, 6.07) is 5.15. The molecule has 2 amide bonds. The van der Waals surface area contributed by atoms with Gasteiger partial charge in [-0.1, -0.05) is 36.5 Å². The number of nitrogens with one attached hydrogen (secondary N) is 1. The van der Waals surface area contributed by atoms with E-state index < -0.39 is 0 Å². The molecule has 1 aromatic carbocycles. The van der Waals surface area contributed by atoms with E-state index in [1.165, 1.54) is 0 Å². The highest BCUT2D eigenvalue weighted by Crippen LogP contribution is 2.36. The topological polar surface area (TPSA) is 84.7 Å². The summed E-state index contributed by atoms with van der Waals surface area (Å²) >= 11 is 6.16. The summed E-state index contributed by atoms with van der Waals surface area (Å²) in [6.45, 7) is 6.15. The Morgan fingerprint density at radius 3 is 2.88 bits per heavy atom. The Hall–Kier alpha value is -2.54. The van der Waals surface area contributed by atoms with Crippen LogP contribution in [0.1, 0.15) is 77.6 Å². The van der Waals surface area contributed by atoms with Gasteiger partial charge >= 0.3 is 0 Å². The summed E-state index contributed by atoms with van der Waals surface area (Å²) in [6.07, 6.45) is 6.46. The molecule has 3 heterocycles. The van der Waals surface area contributed by atoms with Crippen LogP contribution >= 0.6 is 11.6 Å². The molecule has 1 atom stereocenters. The largest absolute Gasteiger partial charge is 0.493 e. The van der Waals surface area contributed by atoms with Crippen molar-refractivity contribution in [3.8, 4) is 5.75 Å². The van der Waals surface area contributed by atoms with Crippen LogP contribution in [0.3, 0.4) is 0 Å². The van der Waals surface area contributed by atoms with Gasteiger partial charge in [-0.15, -0.1) is 0 Å². The number of nitrogens with zero attached hydrogens (tertiary/aromatic N) is 2. The van der Waals surface area contributed by atoms with Gasteiger partial charge in [-0.25, -0.2) is 0 Å². The van der Waals surface area contributed by atoms with Crippen LogP contribution in [0.2, 0.25) is 5.02 Å². The van der Waals surface area contributed by atoms with Gasteiger partial charge in [-0.3, -0.25) is 9.59 Å². The van der Waals surface area contributed by atoms with Gasteiger partial charge in [-0.2, -0.15) is 0 Å². The number of aryl methyl sites for hydroxylation is 2. The molecule has 2 aromatic rings. The van der Waals surface area contributed by atoms with Crippen LogP contribution < -0.4 is 10.1 Å². The predicted octanol–water partition coefficient (Wildman–Crippen LogP) is 4.80. The Balaban J connectivity index is 1.56. The second kappa shape index (κ2) is 10.2. The Morgan fingerprint density at radius 1 is 1.24 bits per heavy atom. The molecule has 1 spiro atoms. The van der Waals surface area contributed by atoms with E-state index in [4.69, 9.17) is 20.9 Å². The van der Waals surface area contributed by atoms with Gasteiger partial charge in [-0.05, 0) is 57.2 Å². The first kappa shape index (κ1) is 23.6. The molecule has 8 heteroatoms. The molecule has 1 unspecified atom stereocenters. The number of carbonyl (C=O) groups is 2. The van der Waals surface area contributed by atoms with E-state index in [2.05, 4.69) is 10.5 Å². The number of aromatic nitrogens is 1. The fraction of sp³-hybridized carbons (Fsp3) is 0.560. The zero-order chi connectivity index (χ0) is 23.4. The van der Waals surface area contributed by atoms with Crippen LogP contribution in [-0.4, -0.2) is 48.1 Å². The van der Waals surface area contributed by atoms with Crippen molar-refractivity contribution in [1.29, 1.82) is 0 Å². The molecule has 0 aliphatic carbocycles. The van der Waals surface area contributed by atoms with Gasteiger partial charge in [0, 0.05) is 30.1 Å². The van der Waals surface area contributed by atoms with Crippen molar-refractivity contribution >= 4 is 23.4 Å². The lowest BCUT2D eigenvalue weighted by Gasteiger charge is -2.43. The quantitative estimate of drug-likeness (QED) is 0.676. The summed E-state index contributed by atoms with van der Waals surface area (Å²) in [5.74, 6) is 0.908. The van der Waals surface area contributed by atoms with Gasteiger partial charge in [0.25, 0.3) is 11.8 Å². The van der Waals surface area contributed by atoms with E-state index in [1.54, 1.807) is 25.1 Å². The first-order valence-corrected chi connectivity index (χ1v) is 12.3. The first-order chi connectivity index (χ1) is 15.9. The smallest absolute Gasteiger partial charge is 0.259 e. The Kier molecular flexibility index (Phi) is 7.27. The minimum absolute atomic E-state index is 0.0207. The fourth-order valence-corrected chi connectivity index (χ4v) is 5.21. The number of halogens is 1. The lowest BCUT2D eigenvalue weighted by atomic mass is 9.75. The van der Waals surface area contributed by atoms with Crippen LogP contribution in [0.15, 0.2) is 22.7 Å². The molecule has 2 aliphatic heterocycles. The molecule has 1 N–H and O–H groups in total. The average molecular weight is 474 g/mol. The van der Waals surface area contributed by atoms with Crippen molar-refractivity contribution in [2.24, 2.45) is 5.41 Å². The molecule has 7 nitrogen and oxygen atoms in total. The third kappa shape index (κ3) is 5.18. The van der Waals surface area contributed by atoms with Gasteiger partial charge in [0.05, 0.1) is 17.9 Å². The highest BCUT2D eigenvalue weighted by Gasteiger charge is 2.39. The maximum absolute atomic E-state index is 13.4. The lowest BCUT2D eigenvalue weighted by molar-refractivity contribution is 0.0466. The van der Waals surface area contributed by atoms with Crippen LogP contribution in [0, 0.1) is 12.3 Å². The number of benzene rings is 1. The molecule has 2 aliphatic rings. The number of likely N-dealkylation sites (tertiary alicyclic amines) is 1. The lowest BCUT2D eigenvalue weighted by Crippen LogP contribution is -2.51. The molecule has 33 heavy (non-hydrogen) atoms. The number of amides is 2. The molecule has 0 radical (unpaired) electrons. The van der Waals surface area contributed by atoms with Crippen molar-refractivity contribution in [3.63, 3.8) is 0 Å². The zero-order valence-electron chi connectivity index (χ0n) is 19.4. The number of piperidine rings is 1. The van der Waals surface area contributed by atoms with E-state index in [9.17, 15) is 9.59 Å². The zero-order valence-corrected chi connectivity index (χ0v) is 20.2. The second-order valence-electron chi connectivity index (χ2n) is 9.23. The Labute approximate surface area is 199 Å². The van der Waals surface area contributed by atoms with Gasteiger partial charge < -0.3 is 19.5 Å². The normalized spacial score (nSPS) is 22.0. The Morgan fingerprint density at radius 2 is 2.06 bits per heavy atom. The summed E-state index contributed by atoms with van der Waals surface area (Å²) in [5, 5.41) is 7.69. The number of hydrogen-bond donors (Lipinski definition) is 1. The molecular weight excluding hydrogens is 442 g/mol. The molecule has 178 valence electrons. The van der Waals surface area contributed by atoms with Crippen LogP contribution in [0.4, 0.5) is 0 Å². The molecule has 1 aromatic heterocycles. The number of carbonyl (C=O) groups excluding carboxylic acids is 2. The summed E-state index contributed by atoms with van der Waals surface area (Å²) in [5.41, 5.74) is 1.58. The van der Waals surface area contributed by atoms with E-state index in [-0.39, 0.29) is 17.2 Å². The third-order valence-electron chi connectivity index (χ3n) is 6.85. The monoisotopic (exact) mass is 473 g/mol. The molecule has 1 fully saturated rings. The summed E-state index contributed by atoms with van der Waals surface area (Å²) in [7, 11) is 0. The molecule has 1 saturated heterocycles. The fourth-order valence-electron chi connectivity index (χ4n) is 5.04. The number of ether oxygens (including phenoxy) is 1. The van der Waals surface area contributed by atoms with Crippen LogP contribution in [0.25, 0.3) is 0 Å². The maximum atomic E-state index is 13.4. The molecule has 0 saturated carbocycles. The van der Waals surface area contributed by atoms with Crippen LogP contribution in [-0.2, 0) is 6.42 Å². The minimum Gasteiger partial charge on any atom is -0.493 e. The summed E-state index contributed by atoms with van der Waals surface area (Å²) < 4.78 is 11.2. The number of rotatable bonds is 2. The standard InChI is InChI=1S/C25H32ClN3O4/c1-3-20-22(17(2)33-28-20)24(31)29-12-7-11-25(16-29)10-5-4-6-13-32-21-9-8-18(26)14-19(21)23(30)27-15-25/h8-9,14H,3-7,10-13,15-16H2,1-2H3,(H,27,30).